The van der Waals surface area contributed by atoms with Gasteiger partial charge in [-0.1, -0.05) is 36.4 Å². The number of rotatable bonds is 6. The summed E-state index contributed by atoms with van der Waals surface area (Å²) < 4.78 is 34.5. The number of ether oxygens (including phenoxy) is 1. The minimum atomic E-state index is -3.87. The maximum Gasteiger partial charge on any atom is 0.301 e. The zero-order valence-electron chi connectivity index (χ0n) is 11.7. The summed E-state index contributed by atoms with van der Waals surface area (Å²) in [5.41, 5.74) is 0. The van der Waals surface area contributed by atoms with Gasteiger partial charge in [0.2, 0.25) is 0 Å². The zero-order valence-corrected chi connectivity index (χ0v) is 14.5. The summed E-state index contributed by atoms with van der Waals surface area (Å²) in [6.07, 6.45) is 1.37. The molecule has 1 radical (unpaired) electrons. The van der Waals surface area contributed by atoms with Gasteiger partial charge in [-0.2, -0.15) is 8.42 Å². The second-order valence-electron chi connectivity index (χ2n) is 3.89. The van der Waals surface area contributed by atoms with E-state index in [1.807, 2.05) is 6.07 Å². The van der Waals surface area contributed by atoms with Gasteiger partial charge in [0.05, 0.1) is 6.61 Å². The molecule has 0 atom stereocenters. The second-order valence-corrected chi connectivity index (χ2v) is 5.47. The Morgan fingerprint density at radius 1 is 1.00 bits per heavy atom. The molecule has 0 aliphatic rings. The van der Waals surface area contributed by atoms with E-state index in [0.717, 1.165) is 0 Å². The van der Waals surface area contributed by atoms with Crippen molar-refractivity contribution < 1.29 is 17.3 Å². The predicted octanol–water partition coefficient (Wildman–Crippen LogP) is 2.99. The first-order valence-corrected chi connectivity index (χ1v) is 7.36. The van der Waals surface area contributed by atoms with Crippen molar-refractivity contribution in [3.8, 4) is 11.5 Å². The van der Waals surface area contributed by atoms with Gasteiger partial charge in [-0.3, -0.25) is 4.18 Å². The molecule has 0 bridgehead atoms. The van der Waals surface area contributed by atoms with Gasteiger partial charge in [-0.25, -0.2) is 0 Å². The molecular formula is C15H14NaO4S. The molecule has 0 aliphatic heterocycles. The fourth-order valence-corrected chi connectivity index (χ4v) is 2.56. The summed E-state index contributed by atoms with van der Waals surface area (Å²) in [4.78, 5) is -0.00861. The van der Waals surface area contributed by atoms with E-state index in [1.54, 1.807) is 42.5 Å². The number of benzene rings is 2. The molecule has 0 aliphatic carbocycles. The Labute approximate surface area is 146 Å². The number of para-hydroxylation sites is 2. The molecule has 0 saturated carbocycles. The molecule has 105 valence electrons. The Balaban J connectivity index is 0.00000220. The van der Waals surface area contributed by atoms with Crippen molar-refractivity contribution in [3.63, 3.8) is 0 Å². The maximum absolute atomic E-state index is 12.1. The van der Waals surface area contributed by atoms with E-state index in [2.05, 4.69) is 6.58 Å². The molecule has 0 saturated heterocycles. The zero-order chi connectivity index (χ0) is 14.4. The van der Waals surface area contributed by atoms with Crippen LogP contribution in [0.15, 0.2) is 72.1 Å². The van der Waals surface area contributed by atoms with E-state index >= 15 is 0 Å². The first kappa shape index (κ1) is 17.9. The Kier molecular flexibility index (Phi) is 7.14. The van der Waals surface area contributed by atoms with Crippen LogP contribution in [0.4, 0.5) is 0 Å². The van der Waals surface area contributed by atoms with E-state index in [4.69, 9.17) is 8.92 Å². The van der Waals surface area contributed by atoms with Gasteiger partial charge < -0.3 is 4.74 Å². The normalized spacial score (nSPS) is 10.5. The average molecular weight is 313 g/mol. The van der Waals surface area contributed by atoms with Gasteiger partial charge in [-0.05, 0) is 24.3 Å². The molecule has 2 rings (SSSR count). The first-order chi connectivity index (χ1) is 9.63. The second kappa shape index (κ2) is 8.36. The summed E-state index contributed by atoms with van der Waals surface area (Å²) >= 11 is 0. The van der Waals surface area contributed by atoms with Crippen LogP contribution in [-0.2, 0) is 14.3 Å². The summed E-state index contributed by atoms with van der Waals surface area (Å²) in [6.45, 7) is 3.35. The van der Waals surface area contributed by atoms with Crippen LogP contribution in [0.1, 0.15) is 0 Å². The third-order valence-corrected chi connectivity index (χ3v) is 3.75. The van der Waals surface area contributed by atoms with Crippen molar-refractivity contribution in [2.24, 2.45) is 0 Å². The van der Waals surface area contributed by atoms with Gasteiger partial charge in [0.25, 0.3) is 0 Å². The van der Waals surface area contributed by atoms with Crippen LogP contribution in [0, 0.1) is 0 Å². The van der Waals surface area contributed by atoms with E-state index in [0.29, 0.717) is 5.75 Å². The summed E-state index contributed by atoms with van der Waals surface area (Å²) in [6, 6.07) is 15.3. The number of hydrogen-bond donors (Lipinski definition) is 0. The van der Waals surface area contributed by atoms with Crippen molar-refractivity contribution in [2.45, 2.75) is 4.90 Å². The van der Waals surface area contributed by atoms with E-state index < -0.39 is 10.1 Å². The fraction of sp³-hybridized carbons (Fsp3) is 0.0667. The van der Waals surface area contributed by atoms with Crippen LogP contribution < -0.4 is 4.74 Å². The molecule has 0 fully saturated rings. The van der Waals surface area contributed by atoms with Crippen molar-refractivity contribution in [3.05, 3.63) is 67.3 Å². The standard InChI is InChI=1S/C15H14O4S.Na/c1-2-12-18-20(16,17)15-11-7-6-10-14(15)19-13-8-4-3-5-9-13;/h2-11H,1,12H2;. The Morgan fingerprint density at radius 3 is 2.29 bits per heavy atom. The molecule has 21 heavy (non-hydrogen) atoms. The van der Waals surface area contributed by atoms with Crippen LogP contribution in [-0.4, -0.2) is 44.6 Å². The van der Waals surface area contributed by atoms with Crippen molar-refractivity contribution in [1.29, 1.82) is 0 Å². The molecule has 2 aromatic rings. The third-order valence-electron chi connectivity index (χ3n) is 2.43. The van der Waals surface area contributed by atoms with E-state index in [1.165, 1.54) is 12.1 Å². The Bertz CT molecular complexity index is 684. The number of hydrogen-bond acceptors (Lipinski definition) is 4. The summed E-state index contributed by atoms with van der Waals surface area (Å²) in [7, 11) is -3.87. The van der Waals surface area contributed by atoms with Gasteiger partial charge in [0.15, 0.2) is 0 Å². The minimum Gasteiger partial charge on any atom is -0.456 e. The monoisotopic (exact) mass is 313 g/mol. The summed E-state index contributed by atoms with van der Waals surface area (Å²) in [5.74, 6) is 0.779. The molecule has 0 heterocycles. The predicted molar refractivity (Wildman–Crippen MR) is 82.0 cm³/mol. The first-order valence-electron chi connectivity index (χ1n) is 5.96. The molecule has 2 aromatic carbocycles. The van der Waals surface area contributed by atoms with Crippen LogP contribution in [0.5, 0.6) is 11.5 Å². The van der Waals surface area contributed by atoms with Gasteiger partial charge in [-0.15, -0.1) is 6.58 Å². The van der Waals surface area contributed by atoms with Crippen LogP contribution in [0.25, 0.3) is 0 Å². The molecule has 6 heteroatoms. The molecular weight excluding hydrogens is 299 g/mol. The minimum absolute atomic E-state index is 0. The largest absolute Gasteiger partial charge is 0.456 e. The SMILES string of the molecule is C=CCOS(=O)(=O)c1ccccc1Oc1ccccc1.[Na]. The molecule has 0 aromatic heterocycles. The van der Waals surface area contributed by atoms with Crippen molar-refractivity contribution in [2.75, 3.05) is 6.61 Å². The average Bonchev–Trinajstić information content (AvgIpc) is 2.47. The van der Waals surface area contributed by atoms with Gasteiger partial charge in [0, 0.05) is 29.6 Å². The summed E-state index contributed by atoms with van der Waals surface area (Å²) in [5, 5.41) is 0. The molecule has 0 unspecified atom stereocenters. The van der Waals surface area contributed by atoms with E-state index in [-0.39, 0.29) is 46.8 Å². The molecule has 0 spiro atoms. The van der Waals surface area contributed by atoms with Gasteiger partial charge in [0.1, 0.15) is 16.4 Å². The van der Waals surface area contributed by atoms with Crippen molar-refractivity contribution in [1.82, 2.24) is 0 Å². The van der Waals surface area contributed by atoms with E-state index in [9.17, 15) is 8.42 Å². The van der Waals surface area contributed by atoms with Crippen LogP contribution in [0.3, 0.4) is 0 Å². The fourth-order valence-electron chi connectivity index (χ4n) is 1.56. The van der Waals surface area contributed by atoms with Gasteiger partial charge >= 0.3 is 10.1 Å². The smallest absolute Gasteiger partial charge is 0.301 e. The third kappa shape index (κ3) is 4.98. The molecule has 4 nitrogen and oxygen atoms in total. The van der Waals surface area contributed by atoms with Crippen LogP contribution in [0.2, 0.25) is 0 Å². The van der Waals surface area contributed by atoms with Crippen LogP contribution >= 0.6 is 0 Å². The quantitative estimate of drug-likeness (QED) is 0.467. The maximum atomic E-state index is 12.1. The Hall–Kier alpha value is -1.11. The Morgan fingerprint density at radius 2 is 1.62 bits per heavy atom. The molecule has 0 N–H and O–H groups in total. The van der Waals surface area contributed by atoms with Crippen molar-refractivity contribution >= 4 is 39.7 Å². The molecule has 0 amide bonds. The topological polar surface area (TPSA) is 52.6 Å².